The number of fused-ring (bicyclic) bond motifs is 3. The molecule has 0 radical (unpaired) electrons. The van der Waals surface area contributed by atoms with Gasteiger partial charge in [-0.3, -0.25) is 29.5 Å². The van der Waals surface area contributed by atoms with Crippen LogP contribution in [-0.2, 0) is 12.8 Å². The molecular formula is C44H42N8O2. The molecule has 10 nitrogen and oxygen atoms in total. The van der Waals surface area contributed by atoms with Gasteiger partial charge in [-0.15, -0.1) is 0 Å². The molecule has 0 saturated carbocycles. The zero-order valence-corrected chi connectivity index (χ0v) is 30.8. The molecule has 0 spiro atoms. The molecule has 9 rings (SSSR count). The van der Waals surface area contributed by atoms with Gasteiger partial charge in [-0.25, -0.2) is 0 Å². The molecule has 270 valence electrons. The van der Waals surface area contributed by atoms with Gasteiger partial charge in [0, 0.05) is 83.3 Å². The lowest BCUT2D eigenvalue weighted by atomic mass is 9.76. The average molecular weight is 715 g/mol. The Balaban J connectivity index is 0.000000155. The van der Waals surface area contributed by atoms with Crippen LogP contribution in [0.1, 0.15) is 72.6 Å². The van der Waals surface area contributed by atoms with Gasteiger partial charge in [-0.2, -0.15) is 0 Å². The van der Waals surface area contributed by atoms with Crippen LogP contribution in [0.15, 0.2) is 110 Å². The van der Waals surface area contributed by atoms with E-state index in [1.165, 1.54) is 0 Å². The fraction of sp³-hybridized carbons (Fsp3) is 0.227. The molecule has 0 unspecified atom stereocenters. The first-order valence-corrected chi connectivity index (χ1v) is 18.2. The highest BCUT2D eigenvalue weighted by molar-refractivity contribution is 6.09. The molecular weight excluding hydrogens is 673 g/mol. The standard InChI is InChI=1S/C24H22N4O.C20H20N4O/c1-24(2)11-18-21(20(29)12-24)23(22(27-18)15-7-9-25-10-8-15)28-19-14-26-13-16-5-3-4-6-17(16)19;1-20(2)10-15-17(16(25)11-20)19(23-14-4-3-7-22-12-14)18(24-15)13-5-8-21-9-6-13/h3-10,13-14,27-28H,11-12H2,1-2H3;3-9,12,23-24H,10-11H2,1-2H3. The topological polar surface area (TPSA) is 141 Å². The largest absolute Gasteiger partial charge is 0.356 e. The molecule has 0 atom stereocenters. The molecule has 0 saturated heterocycles. The molecule has 0 amide bonds. The summed E-state index contributed by atoms with van der Waals surface area (Å²) < 4.78 is 0. The first-order valence-electron chi connectivity index (χ1n) is 18.2. The minimum Gasteiger partial charge on any atom is -0.356 e. The Kier molecular flexibility index (Phi) is 8.89. The van der Waals surface area contributed by atoms with Crippen molar-refractivity contribution in [2.75, 3.05) is 10.6 Å². The Morgan fingerprint density at radius 3 is 1.67 bits per heavy atom. The number of carbonyl (C=O) groups is 2. The van der Waals surface area contributed by atoms with E-state index in [0.29, 0.717) is 12.8 Å². The highest BCUT2D eigenvalue weighted by Crippen LogP contribution is 2.45. The van der Waals surface area contributed by atoms with Gasteiger partial charge in [0.05, 0.1) is 57.7 Å². The number of pyridine rings is 4. The number of anilines is 4. The molecule has 6 aromatic heterocycles. The van der Waals surface area contributed by atoms with Gasteiger partial charge in [-0.05, 0) is 60.1 Å². The van der Waals surface area contributed by atoms with Crippen LogP contribution >= 0.6 is 0 Å². The van der Waals surface area contributed by atoms with Gasteiger partial charge >= 0.3 is 0 Å². The Morgan fingerprint density at radius 1 is 0.556 bits per heavy atom. The van der Waals surface area contributed by atoms with Crippen LogP contribution in [-0.4, -0.2) is 41.5 Å². The zero-order valence-electron chi connectivity index (χ0n) is 30.8. The van der Waals surface area contributed by atoms with E-state index >= 15 is 0 Å². The predicted octanol–water partition coefficient (Wildman–Crippen LogP) is 9.89. The SMILES string of the molecule is CC1(C)CC(=O)c2c([nH]c(-c3ccncc3)c2Nc2cccnc2)C1.CC1(C)CC(=O)c2c([nH]c(-c3ccncc3)c2Nc2cncc3ccccc23)C1. The first-order chi connectivity index (χ1) is 26.1. The first kappa shape index (κ1) is 34.7. The summed E-state index contributed by atoms with van der Waals surface area (Å²) in [6.07, 6.45) is 17.0. The van der Waals surface area contributed by atoms with Crippen LogP contribution < -0.4 is 10.6 Å². The second kappa shape index (κ2) is 13.9. The number of nitrogens with zero attached hydrogens (tertiary/aromatic N) is 4. The highest BCUT2D eigenvalue weighted by Gasteiger charge is 2.37. The fourth-order valence-electron chi connectivity index (χ4n) is 7.76. The lowest BCUT2D eigenvalue weighted by molar-refractivity contribution is 0.0903. The smallest absolute Gasteiger partial charge is 0.167 e. The van der Waals surface area contributed by atoms with Gasteiger partial charge in [0.1, 0.15) is 0 Å². The molecule has 1 aromatic carbocycles. The summed E-state index contributed by atoms with van der Waals surface area (Å²) in [6, 6.07) is 19.7. The summed E-state index contributed by atoms with van der Waals surface area (Å²) >= 11 is 0. The highest BCUT2D eigenvalue weighted by atomic mass is 16.1. The normalized spacial score (nSPS) is 15.5. The maximum absolute atomic E-state index is 13.1. The summed E-state index contributed by atoms with van der Waals surface area (Å²) in [6.45, 7) is 8.55. The maximum Gasteiger partial charge on any atom is 0.167 e. The molecule has 0 fully saturated rings. The number of ketones is 2. The van der Waals surface area contributed by atoms with Crippen LogP contribution in [0.4, 0.5) is 22.7 Å². The van der Waals surface area contributed by atoms with Crippen LogP contribution in [0.3, 0.4) is 0 Å². The van der Waals surface area contributed by atoms with Crippen LogP contribution in [0, 0.1) is 10.8 Å². The molecule has 0 aliphatic heterocycles. The number of hydrogen-bond acceptors (Lipinski definition) is 8. The van der Waals surface area contributed by atoms with E-state index in [0.717, 1.165) is 91.4 Å². The Labute approximate surface area is 313 Å². The molecule has 0 bridgehead atoms. The van der Waals surface area contributed by atoms with Crippen molar-refractivity contribution in [3.63, 3.8) is 0 Å². The molecule has 54 heavy (non-hydrogen) atoms. The minimum absolute atomic E-state index is 0.0317. The summed E-state index contributed by atoms with van der Waals surface area (Å²) in [5.41, 5.74) is 10.7. The second-order valence-corrected chi connectivity index (χ2v) is 15.7. The minimum atomic E-state index is -0.0529. The Morgan fingerprint density at radius 2 is 1.11 bits per heavy atom. The molecule has 7 aromatic rings. The quantitative estimate of drug-likeness (QED) is 0.133. The van der Waals surface area contributed by atoms with E-state index in [-0.39, 0.29) is 22.4 Å². The second-order valence-electron chi connectivity index (χ2n) is 15.7. The molecule has 4 N–H and O–H groups in total. The Hall–Kier alpha value is -6.42. The molecule has 6 heterocycles. The number of rotatable bonds is 6. The van der Waals surface area contributed by atoms with Crippen molar-refractivity contribution in [2.45, 2.75) is 53.4 Å². The van der Waals surface area contributed by atoms with E-state index in [1.54, 1.807) is 37.2 Å². The number of H-pyrrole nitrogens is 2. The van der Waals surface area contributed by atoms with E-state index < -0.39 is 0 Å². The van der Waals surface area contributed by atoms with Crippen LogP contribution in [0.25, 0.3) is 33.3 Å². The van der Waals surface area contributed by atoms with Crippen LogP contribution in [0.2, 0.25) is 0 Å². The lowest BCUT2D eigenvalue weighted by Gasteiger charge is -2.28. The van der Waals surface area contributed by atoms with E-state index in [2.05, 4.69) is 74.3 Å². The number of nitrogens with one attached hydrogen (secondary N) is 4. The van der Waals surface area contributed by atoms with Gasteiger partial charge in [0.15, 0.2) is 11.6 Å². The zero-order chi connectivity index (χ0) is 37.5. The van der Waals surface area contributed by atoms with Gasteiger partial charge < -0.3 is 20.6 Å². The summed E-state index contributed by atoms with van der Waals surface area (Å²) in [5, 5.41) is 9.07. The van der Waals surface area contributed by atoms with E-state index in [4.69, 9.17) is 0 Å². The predicted molar refractivity (Wildman–Crippen MR) is 213 cm³/mol. The van der Waals surface area contributed by atoms with Crippen molar-refractivity contribution in [3.8, 4) is 22.5 Å². The van der Waals surface area contributed by atoms with E-state index in [9.17, 15) is 9.59 Å². The maximum atomic E-state index is 13.1. The fourth-order valence-corrected chi connectivity index (χ4v) is 7.76. The molecule has 2 aliphatic carbocycles. The lowest BCUT2D eigenvalue weighted by Crippen LogP contribution is -2.26. The third-order valence-corrected chi connectivity index (χ3v) is 10.1. The van der Waals surface area contributed by atoms with Crippen LogP contribution in [0.5, 0.6) is 0 Å². The number of hydrogen-bond donors (Lipinski definition) is 4. The molecule has 2 aliphatic rings. The van der Waals surface area contributed by atoms with Gasteiger partial charge in [0.25, 0.3) is 0 Å². The van der Waals surface area contributed by atoms with Crippen molar-refractivity contribution in [3.05, 3.63) is 133 Å². The monoisotopic (exact) mass is 714 g/mol. The number of carbonyl (C=O) groups excluding carboxylic acids is 2. The molecule has 10 heteroatoms. The number of aromatic nitrogens is 6. The summed E-state index contributed by atoms with van der Waals surface area (Å²) in [7, 11) is 0. The van der Waals surface area contributed by atoms with Crippen molar-refractivity contribution < 1.29 is 9.59 Å². The average Bonchev–Trinajstić information content (AvgIpc) is 3.70. The summed E-state index contributed by atoms with van der Waals surface area (Å²) in [4.78, 5) is 49.8. The number of benzene rings is 1. The van der Waals surface area contributed by atoms with Crippen molar-refractivity contribution in [1.82, 2.24) is 29.9 Å². The summed E-state index contributed by atoms with van der Waals surface area (Å²) in [5.74, 6) is 0.345. The van der Waals surface area contributed by atoms with E-state index in [1.807, 2.05) is 67.0 Å². The number of aromatic amines is 2. The Bertz CT molecular complexity index is 2480. The number of Topliss-reactive ketones (excluding diaryl/α,β-unsaturated/α-hetero) is 2. The van der Waals surface area contributed by atoms with Gasteiger partial charge in [0.2, 0.25) is 0 Å². The van der Waals surface area contributed by atoms with Crippen molar-refractivity contribution in [1.29, 1.82) is 0 Å². The van der Waals surface area contributed by atoms with Crippen molar-refractivity contribution >= 4 is 45.1 Å². The van der Waals surface area contributed by atoms with Crippen molar-refractivity contribution in [2.24, 2.45) is 10.8 Å². The third-order valence-electron chi connectivity index (χ3n) is 10.1. The van der Waals surface area contributed by atoms with Gasteiger partial charge in [-0.1, -0.05) is 52.0 Å². The third kappa shape index (κ3) is 6.90.